The molecule has 1 fully saturated rings. The Morgan fingerprint density at radius 2 is 2.25 bits per heavy atom. The normalized spacial score (nSPS) is 16.4. The fourth-order valence-electron chi connectivity index (χ4n) is 3.25. The standard InChI is InChI=1S/C21H24N4O3/c1-14-3-4-17(19(9-14)28-13-16-6-8-27-12-16)10-22-21(26)18-11-23-25-7-5-15(2)24-20(18)25/h3-5,7,9,11,16H,6,8,10,12-13H2,1-2H3,(H,22,26). The van der Waals surface area contributed by atoms with Crippen LogP contribution in [0, 0.1) is 19.8 Å². The van der Waals surface area contributed by atoms with Crippen LogP contribution in [0.1, 0.15) is 33.6 Å². The molecule has 7 nitrogen and oxygen atoms in total. The fraction of sp³-hybridized carbons (Fsp3) is 0.381. The van der Waals surface area contributed by atoms with Crippen LogP contribution in [0.3, 0.4) is 0 Å². The molecule has 4 rings (SSSR count). The van der Waals surface area contributed by atoms with Gasteiger partial charge in [0.25, 0.3) is 5.91 Å². The first-order chi connectivity index (χ1) is 13.6. The maximum Gasteiger partial charge on any atom is 0.257 e. The Morgan fingerprint density at radius 3 is 3.07 bits per heavy atom. The highest BCUT2D eigenvalue weighted by Gasteiger charge is 2.18. The number of nitrogens with one attached hydrogen (secondary N) is 1. The molecule has 1 N–H and O–H groups in total. The van der Waals surface area contributed by atoms with E-state index in [9.17, 15) is 4.79 Å². The van der Waals surface area contributed by atoms with E-state index >= 15 is 0 Å². The summed E-state index contributed by atoms with van der Waals surface area (Å²) in [4.78, 5) is 17.1. The lowest BCUT2D eigenvalue weighted by atomic mass is 10.1. The van der Waals surface area contributed by atoms with Crippen LogP contribution < -0.4 is 10.1 Å². The molecule has 7 heteroatoms. The van der Waals surface area contributed by atoms with Crippen LogP contribution in [0.5, 0.6) is 5.75 Å². The Kier molecular flexibility index (Phi) is 5.25. The summed E-state index contributed by atoms with van der Waals surface area (Å²) < 4.78 is 13.1. The summed E-state index contributed by atoms with van der Waals surface area (Å²) in [6.45, 7) is 6.47. The molecule has 146 valence electrons. The molecule has 1 saturated heterocycles. The van der Waals surface area contributed by atoms with Gasteiger partial charge in [-0.05, 0) is 38.0 Å². The second-order valence-corrected chi connectivity index (χ2v) is 7.23. The topological polar surface area (TPSA) is 77.8 Å². The van der Waals surface area contributed by atoms with Gasteiger partial charge in [0.15, 0.2) is 5.65 Å². The molecule has 3 aromatic rings. The SMILES string of the molecule is Cc1ccc(CNC(=O)c2cnn3ccc(C)nc23)c(OCC2CCOC2)c1. The van der Waals surface area contributed by atoms with Crippen molar-refractivity contribution < 1.29 is 14.3 Å². The molecule has 1 aliphatic heterocycles. The molecule has 3 heterocycles. The minimum Gasteiger partial charge on any atom is -0.493 e. The van der Waals surface area contributed by atoms with Gasteiger partial charge >= 0.3 is 0 Å². The number of hydrogen-bond acceptors (Lipinski definition) is 5. The molecule has 2 aromatic heterocycles. The summed E-state index contributed by atoms with van der Waals surface area (Å²) in [5.41, 5.74) is 3.92. The molecule has 0 saturated carbocycles. The van der Waals surface area contributed by atoms with Crippen molar-refractivity contribution in [2.75, 3.05) is 19.8 Å². The summed E-state index contributed by atoms with van der Waals surface area (Å²) in [6, 6.07) is 7.88. The van der Waals surface area contributed by atoms with E-state index in [0.717, 1.165) is 42.2 Å². The minimum atomic E-state index is -0.205. The van der Waals surface area contributed by atoms with Gasteiger partial charge < -0.3 is 14.8 Å². The zero-order valence-electron chi connectivity index (χ0n) is 16.1. The number of aromatic nitrogens is 3. The van der Waals surface area contributed by atoms with Crippen LogP contribution in [0.2, 0.25) is 0 Å². The number of hydrogen-bond donors (Lipinski definition) is 1. The van der Waals surface area contributed by atoms with Crippen molar-refractivity contribution in [3.63, 3.8) is 0 Å². The first kappa shape index (κ1) is 18.4. The van der Waals surface area contributed by atoms with E-state index < -0.39 is 0 Å². The lowest BCUT2D eigenvalue weighted by Gasteiger charge is -2.15. The number of carbonyl (C=O) groups excluding carboxylic acids is 1. The predicted octanol–water partition coefficient (Wildman–Crippen LogP) is 2.69. The van der Waals surface area contributed by atoms with Gasteiger partial charge in [-0.15, -0.1) is 0 Å². The molecule has 0 bridgehead atoms. The number of aryl methyl sites for hydroxylation is 2. The predicted molar refractivity (Wildman–Crippen MR) is 104 cm³/mol. The highest BCUT2D eigenvalue weighted by atomic mass is 16.5. The van der Waals surface area contributed by atoms with E-state index in [1.54, 1.807) is 16.9 Å². The summed E-state index contributed by atoms with van der Waals surface area (Å²) in [7, 11) is 0. The van der Waals surface area contributed by atoms with Gasteiger partial charge in [-0.3, -0.25) is 4.79 Å². The zero-order chi connectivity index (χ0) is 19.5. The Bertz CT molecular complexity index is 992. The van der Waals surface area contributed by atoms with Crippen LogP contribution in [0.15, 0.2) is 36.7 Å². The maximum atomic E-state index is 12.7. The van der Waals surface area contributed by atoms with E-state index in [-0.39, 0.29) is 5.91 Å². The van der Waals surface area contributed by atoms with Gasteiger partial charge in [0.2, 0.25) is 0 Å². The largest absolute Gasteiger partial charge is 0.493 e. The molecular formula is C21H24N4O3. The quantitative estimate of drug-likeness (QED) is 0.711. The molecule has 1 unspecified atom stereocenters. The molecule has 0 aliphatic carbocycles. The first-order valence-electron chi connectivity index (χ1n) is 9.49. The lowest BCUT2D eigenvalue weighted by molar-refractivity contribution is 0.0952. The van der Waals surface area contributed by atoms with Gasteiger partial charge in [0, 0.05) is 36.5 Å². The third kappa shape index (κ3) is 3.99. The number of fused-ring (bicyclic) bond motifs is 1. The highest BCUT2D eigenvalue weighted by molar-refractivity contribution is 5.99. The van der Waals surface area contributed by atoms with Crippen LogP contribution in [-0.4, -0.2) is 40.3 Å². The Morgan fingerprint density at radius 1 is 1.36 bits per heavy atom. The fourth-order valence-corrected chi connectivity index (χ4v) is 3.25. The average Bonchev–Trinajstić information content (AvgIpc) is 3.34. The smallest absolute Gasteiger partial charge is 0.257 e. The average molecular weight is 380 g/mol. The Labute approximate surface area is 163 Å². The van der Waals surface area contributed by atoms with Crippen molar-refractivity contribution in [3.8, 4) is 5.75 Å². The maximum absolute atomic E-state index is 12.7. The zero-order valence-corrected chi connectivity index (χ0v) is 16.1. The molecule has 0 spiro atoms. The minimum absolute atomic E-state index is 0.205. The van der Waals surface area contributed by atoms with Gasteiger partial charge in [-0.2, -0.15) is 5.10 Å². The third-order valence-electron chi connectivity index (χ3n) is 4.91. The van der Waals surface area contributed by atoms with E-state index in [4.69, 9.17) is 9.47 Å². The molecular weight excluding hydrogens is 356 g/mol. The van der Waals surface area contributed by atoms with Crippen LogP contribution >= 0.6 is 0 Å². The van der Waals surface area contributed by atoms with Crippen molar-refractivity contribution in [1.29, 1.82) is 0 Å². The molecule has 0 radical (unpaired) electrons. The van der Waals surface area contributed by atoms with Crippen molar-refractivity contribution in [2.45, 2.75) is 26.8 Å². The lowest BCUT2D eigenvalue weighted by Crippen LogP contribution is -2.23. The van der Waals surface area contributed by atoms with E-state index in [0.29, 0.717) is 30.3 Å². The number of ether oxygens (including phenoxy) is 2. The van der Waals surface area contributed by atoms with Crippen LogP contribution in [0.25, 0.3) is 5.65 Å². The monoisotopic (exact) mass is 380 g/mol. The van der Waals surface area contributed by atoms with Crippen molar-refractivity contribution >= 4 is 11.6 Å². The Hall–Kier alpha value is -2.93. The number of amides is 1. The molecule has 1 amide bonds. The van der Waals surface area contributed by atoms with Gasteiger partial charge in [0.1, 0.15) is 11.3 Å². The highest BCUT2D eigenvalue weighted by Crippen LogP contribution is 2.23. The first-order valence-corrected chi connectivity index (χ1v) is 9.49. The van der Waals surface area contributed by atoms with Crippen LogP contribution in [-0.2, 0) is 11.3 Å². The van der Waals surface area contributed by atoms with Gasteiger partial charge in [-0.1, -0.05) is 12.1 Å². The van der Waals surface area contributed by atoms with Gasteiger partial charge in [-0.25, -0.2) is 9.50 Å². The molecule has 1 aliphatic rings. The summed E-state index contributed by atoms with van der Waals surface area (Å²) in [6.07, 6.45) is 4.37. The van der Waals surface area contributed by atoms with Crippen molar-refractivity contribution in [1.82, 2.24) is 19.9 Å². The van der Waals surface area contributed by atoms with Crippen molar-refractivity contribution in [3.05, 3.63) is 59.0 Å². The number of benzene rings is 1. The summed E-state index contributed by atoms with van der Waals surface area (Å²) >= 11 is 0. The van der Waals surface area contributed by atoms with Crippen molar-refractivity contribution in [2.24, 2.45) is 5.92 Å². The second-order valence-electron chi connectivity index (χ2n) is 7.23. The molecule has 28 heavy (non-hydrogen) atoms. The summed E-state index contributed by atoms with van der Waals surface area (Å²) in [5, 5.41) is 7.16. The summed E-state index contributed by atoms with van der Waals surface area (Å²) in [5.74, 6) is 1.03. The van der Waals surface area contributed by atoms with E-state index in [1.165, 1.54) is 0 Å². The van der Waals surface area contributed by atoms with E-state index in [2.05, 4.69) is 15.4 Å². The Balaban J connectivity index is 1.46. The number of carbonyl (C=O) groups is 1. The second kappa shape index (κ2) is 7.98. The van der Waals surface area contributed by atoms with Crippen LogP contribution in [0.4, 0.5) is 0 Å². The number of nitrogens with zero attached hydrogens (tertiary/aromatic N) is 3. The molecule has 1 atom stereocenters. The molecule has 1 aromatic carbocycles. The van der Waals surface area contributed by atoms with Gasteiger partial charge in [0.05, 0.1) is 19.4 Å². The van der Waals surface area contributed by atoms with E-state index in [1.807, 2.05) is 38.1 Å². The third-order valence-corrected chi connectivity index (χ3v) is 4.91. The number of rotatable bonds is 6.